The highest BCUT2D eigenvalue weighted by molar-refractivity contribution is 6.15. The van der Waals surface area contributed by atoms with E-state index in [9.17, 15) is 0 Å². The summed E-state index contributed by atoms with van der Waals surface area (Å²) in [6.07, 6.45) is 0. The van der Waals surface area contributed by atoms with E-state index >= 15 is 0 Å². The monoisotopic (exact) mass is 666 g/mol. The minimum atomic E-state index is -0.0390. The van der Waals surface area contributed by atoms with Gasteiger partial charge in [-0.1, -0.05) is 153 Å². The first-order valence-corrected chi connectivity index (χ1v) is 17.8. The Morgan fingerprint density at radius 3 is 1.71 bits per heavy atom. The number of furan rings is 1. The van der Waals surface area contributed by atoms with Crippen molar-refractivity contribution >= 4 is 21.9 Å². The first-order chi connectivity index (χ1) is 25.5. The Bertz CT molecular complexity index is 2740. The molecular formula is C49H34N2O. The number of nitrogens with zero attached hydrogens (tertiary/aromatic N) is 2. The minimum Gasteiger partial charge on any atom is -0.455 e. The number of para-hydroxylation sites is 1. The van der Waals surface area contributed by atoms with E-state index in [4.69, 9.17) is 14.4 Å². The molecular weight excluding hydrogens is 633 g/mol. The third kappa shape index (κ3) is 4.81. The lowest BCUT2D eigenvalue weighted by molar-refractivity contribution is 0.660. The van der Waals surface area contributed by atoms with Gasteiger partial charge >= 0.3 is 0 Å². The Morgan fingerprint density at radius 2 is 0.981 bits per heavy atom. The molecule has 52 heavy (non-hydrogen) atoms. The maximum absolute atomic E-state index is 6.69. The first kappa shape index (κ1) is 30.3. The van der Waals surface area contributed by atoms with Crippen LogP contribution in [-0.2, 0) is 5.41 Å². The van der Waals surface area contributed by atoms with E-state index in [2.05, 4.69) is 135 Å². The SMILES string of the molecule is CC1(C)c2ccccc2-c2ccc(-c3ccc(-c4ccc(-c5nc(-c6ccccc6)cc(-c6ccccc6)n5)c5c4oc4ccccc45)cc3)cc21. The summed E-state index contributed by atoms with van der Waals surface area (Å²) in [5, 5.41) is 2.06. The summed E-state index contributed by atoms with van der Waals surface area (Å²) in [5.41, 5.74) is 16.4. The van der Waals surface area contributed by atoms with Gasteiger partial charge in [0.25, 0.3) is 0 Å². The molecule has 0 amide bonds. The normalized spacial score (nSPS) is 13.0. The number of fused-ring (bicyclic) bond motifs is 6. The average Bonchev–Trinajstić information content (AvgIpc) is 3.71. The number of hydrogen-bond acceptors (Lipinski definition) is 3. The number of rotatable bonds is 5. The van der Waals surface area contributed by atoms with Gasteiger partial charge in [0, 0.05) is 38.4 Å². The van der Waals surface area contributed by atoms with Crippen molar-refractivity contribution in [2.45, 2.75) is 19.3 Å². The zero-order chi connectivity index (χ0) is 34.8. The second kappa shape index (κ2) is 11.8. The molecule has 0 spiro atoms. The van der Waals surface area contributed by atoms with Crippen LogP contribution in [0.2, 0.25) is 0 Å². The Morgan fingerprint density at radius 1 is 0.423 bits per heavy atom. The second-order valence-electron chi connectivity index (χ2n) is 14.2. The fourth-order valence-electron chi connectivity index (χ4n) is 8.05. The zero-order valence-corrected chi connectivity index (χ0v) is 29.0. The highest BCUT2D eigenvalue weighted by Gasteiger charge is 2.35. The average molecular weight is 667 g/mol. The lowest BCUT2D eigenvalue weighted by atomic mass is 9.81. The lowest BCUT2D eigenvalue weighted by Gasteiger charge is -2.22. The molecule has 2 heterocycles. The molecule has 3 heteroatoms. The number of aromatic nitrogens is 2. The van der Waals surface area contributed by atoms with Gasteiger partial charge in [0.15, 0.2) is 5.82 Å². The van der Waals surface area contributed by atoms with Crippen molar-refractivity contribution < 1.29 is 4.42 Å². The van der Waals surface area contributed by atoms with Crippen molar-refractivity contribution in [3.63, 3.8) is 0 Å². The molecule has 7 aromatic carbocycles. The van der Waals surface area contributed by atoms with Crippen LogP contribution >= 0.6 is 0 Å². The van der Waals surface area contributed by atoms with Crippen LogP contribution in [0.3, 0.4) is 0 Å². The zero-order valence-electron chi connectivity index (χ0n) is 29.0. The van der Waals surface area contributed by atoms with Gasteiger partial charge in [0.05, 0.1) is 11.4 Å². The third-order valence-electron chi connectivity index (χ3n) is 10.7. The summed E-state index contributed by atoms with van der Waals surface area (Å²) in [5.74, 6) is 0.667. The van der Waals surface area contributed by atoms with Gasteiger partial charge in [-0.3, -0.25) is 0 Å². The quantitative estimate of drug-likeness (QED) is 0.183. The van der Waals surface area contributed by atoms with Crippen LogP contribution in [0, 0.1) is 0 Å². The Labute approximate surface area is 302 Å². The summed E-state index contributed by atoms with van der Waals surface area (Å²) >= 11 is 0. The molecule has 246 valence electrons. The van der Waals surface area contributed by atoms with Gasteiger partial charge in [-0.15, -0.1) is 0 Å². The van der Waals surface area contributed by atoms with E-state index in [0.29, 0.717) is 5.82 Å². The molecule has 0 N–H and O–H groups in total. The molecule has 1 aliphatic rings. The molecule has 2 aromatic heterocycles. The van der Waals surface area contributed by atoms with Gasteiger partial charge in [-0.2, -0.15) is 0 Å². The van der Waals surface area contributed by atoms with Crippen molar-refractivity contribution in [3.05, 3.63) is 181 Å². The maximum atomic E-state index is 6.69. The van der Waals surface area contributed by atoms with E-state index < -0.39 is 0 Å². The fraction of sp³-hybridized carbons (Fsp3) is 0.0612. The van der Waals surface area contributed by atoms with Crippen molar-refractivity contribution in [1.82, 2.24) is 9.97 Å². The van der Waals surface area contributed by atoms with Crippen molar-refractivity contribution in [1.29, 1.82) is 0 Å². The molecule has 0 saturated heterocycles. The topological polar surface area (TPSA) is 38.9 Å². The molecule has 0 fully saturated rings. The molecule has 0 bridgehead atoms. The van der Waals surface area contributed by atoms with Crippen molar-refractivity contribution in [2.75, 3.05) is 0 Å². The van der Waals surface area contributed by atoms with E-state index in [-0.39, 0.29) is 5.41 Å². The van der Waals surface area contributed by atoms with Crippen LogP contribution in [0.25, 0.3) is 89.2 Å². The molecule has 0 aliphatic heterocycles. The van der Waals surface area contributed by atoms with Crippen LogP contribution in [-0.4, -0.2) is 9.97 Å². The molecule has 3 nitrogen and oxygen atoms in total. The summed E-state index contributed by atoms with van der Waals surface area (Å²) in [7, 11) is 0. The molecule has 1 aliphatic carbocycles. The van der Waals surface area contributed by atoms with Gasteiger partial charge < -0.3 is 4.42 Å². The van der Waals surface area contributed by atoms with Gasteiger partial charge in [0.2, 0.25) is 0 Å². The van der Waals surface area contributed by atoms with Crippen LogP contribution in [0.4, 0.5) is 0 Å². The van der Waals surface area contributed by atoms with E-state index in [1.807, 2.05) is 48.5 Å². The maximum Gasteiger partial charge on any atom is 0.161 e. The van der Waals surface area contributed by atoms with Crippen molar-refractivity contribution in [3.8, 4) is 67.3 Å². The summed E-state index contributed by atoms with van der Waals surface area (Å²) < 4.78 is 6.69. The van der Waals surface area contributed by atoms with Crippen LogP contribution in [0.1, 0.15) is 25.0 Å². The molecule has 0 atom stereocenters. The molecule has 0 unspecified atom stereocenters. The van der Waals surface area contributed by atoms with Crippen LogP contribution < -0.4 is 0 Å². The Kier molecular flexibility index (Phi) is 6.84. The highest BCUT2D eigenvalue weighted by atomic mass is 16.3. The summed E-state index contributed by atoms with van der Waals surface area (Å²) in [6, 6.07) is 59.9. The summed E-state index contributed by atoms with van der Waals surface area (Å²) in [4.78, 5) is 10.4. The molecule has 0 radical (unpaired) electrons. The van der Waals surface area contributed by atoms with Crippen LogP contribution in [0.15, 0.2) is 174 Å². The van der Waals surface area contributed by atoms with Gasteiger partial charge in [-0.25, -0.2) is 9.97 Å². The minimum absolute atomic E-state index is 0.0390. The Balaban J connectivity index is 1.10. The largest absolute Gasteiger partial charge is 0.455 e. The van der Waals surface area contributed by atoms with Gasteiger partial charge in [0.1, 0.15) is 11.2 Å². The highest BCUT2D eigenvalue weighted by Crippen LogP contribution is 2.49. The Hall–Kier alpha value is -6.58. The smallest absolute Gasteiger partial charge is 0.161 e. The summed E-state index contributed by atoms with van der Waals surface area (Å²) in [6.45, 7) is 4.66. The predicted molar refractivity (Wildman–Crippen MR) is 214 cm³/mol. The number of hydrogen-bond donors (Lipinski definition) is 0. The fourth-order valence-corrected chi connectivity index (χ4v) is 8.05. The van der Waals surface area contributed by atoms with E-state index in [1.54, 1.807) is 0 Å². The predicted octanol–water partition coefficient (Wildman–Crippen LogP) is 13.0. The third-order valence-corrected chi connectivity index (χ3v) is 10.7. The van der Waals surface area contributed by atoms with E-state index in [1.165, 1.54) is 33.4 Å². The molecule has 10 rings (SSSR count). The lowest BCUT2D eigenvalue weighted by Crippen LogP contribution is -2.14. The van der Waals surface area contributed by atoms with Crippen LogP contribution in [0.5, 0.6) is 0 Å². The second-order valence-corrected chi connectivity index (χ2v) is 14.2. The number of benzene rings is 7. The molecule has 0 saturated carbocycles. The molecule has 9 aromatic rings. The van der Waals surface area contributed by atoms with Gasteiger partial charge in [-0.05, 0) is 69.3 Å². The van der Waals surface area contributed by atoms with Crippen molar-refractivity contribution in [2.24, 2.45) is 0 Å². The van der Waals surface area contributed by atoms with E-state index in [0.717, 1.165) is 61.1 Å². The first-order valence-electron chi connectivity index (χ1n) is 17.8. The standard InChI is InChI=1S/C49H34N2O/c1-49(2)41-19-11-9-17-37(41)38-26-25-35(29-42(38)49)31-21-23-32(24-22-31)36-27-28-40(46-39-18-10-12-20-45(39)52-47(36)46)48-50-43(33-13-5-3-6-14-33)30-44(51-48)34-15-7-4-8-16-34/h3-30H,1-2H3.